The third-order valence-electron chi connectivity index (χ3n) is 3.90. The van der Waals surface area contributed by atoms with Gasteiger partial charge >= 0.3 is 12.1 Å². The van der Waals surface area contributed by atoms with Crippen molar-refractivity contribution in [3.63, 3.8) is 0 Å². The van der Waals surface area contributed by atoms with E-state index in [9.17, 15) is 19.1 Å². The van der Waals surface area contributed by atoms with Crippen LogP contribution in [0.25, 0.3) is 0 Å². The van der Waals surface area contributed by atoms with E-state index in [1.807, 2.05) is 0 Å². The molecule has 1 aromatic rings. The van der Waals surface area contributed by atoms with Crippen LogP contribution in [0.3, 0.4) is 0 Å². The highest BCUT2D eigenvalue weighted by molar-refractivity contribution is 5.76. The van der Waals surface area contributed by atoms with Crippen LogP contribution in [-0.4, -0.2) is 40.8 Å². The third-order valence-corrected chi connectivity index (χ3v) is 3.90. The minimum Gasteiger partial charge on any atom is -0.481 e. The zero-order valence-corrected chi connectivity index (χ0v) is 13.8. The number of amides is 1. The fourth-order valence-corrected chi connectivity index (χ4v) is 2.77. The van der Waals surface area contributed by atoms with Gasteiger partial charge in [-0.25, -0.2) is 9.18 Å². The van der Waals surface area contributed by atoms with Gasteiger partial charge in [0.1, 0.15) is 11.4 Å². The second-order valence-electron chi connectivity index (χ2n) is 6.95. The molecule has 0 radical (unpaired) electrons. The average Bonchev–Trinajstić information content (AvgIpc) is 2.85. The lowest BCUT2D eigenvalue weighted by Gasteiger charge is -2.24. The summed E-state index contributed by atoms with van der Waals surface area (Å²) in [5, 5.41) is 9.45. The number of likely N-dealkylation sites (tertiary alicyclic amines) is 1. The fraction of sp³-hybridized carbons (Fsp3) is 0.529. The number of hydrogen-bond acceptors (Lipinski definition) is 3. The second-order valence-corrected chi connectivity index (χ2v) is 6.95. The van der Waals surface area contributed by atoms with E-state index in [0.717, 1.165) is 5.56 Å². The van der Waals surface area contributed by atoms with Crippen molar-refractivity contribution < 1.29 is 23.8 Å². The van der Waals surface area contributed by atoms with Crippen molar-refractivity contribution in [2.24, 2.45) is 5.92 Å². The number of rotatable bonds is 2. The van der Waals surface area contributed by atoms with E-state index in [4.69, 9.17) is 4.74 Å². The van der Waals surface area contributed by atoms with Crippen LogP contribution in [0.2, 0.25) is 0 Å². The summed E-state index contributed by atoms with van der Waals surface area (Å²) in [6.45, 7) is 7.25. The van der Waals surface area contributed by atoms with Crippen LogP contribution in [0.4, 0.5) is 9.18 Å². The van der Waals surface area contributed by atoms with Gasteiger partial charge in [0, 0.05) is 19.0 Å². The molecule has 0 spiro atoms. The minimum atomic E-state index is -0.969. The molecule has 1 fully saturated rings. The largest absolute Gasteiger partial charge is 0.481 e. The summed E-state index contributed by atoms with van der Waals surface area (Å²) in [7, 11) is 0. The van der Waals surface area contributed by atoms with Gasteiger partial charge in [0.2, 0.25) is 0 Å². The number of carbonyl (C=O) groups excluding carboxylic acids is 1. The monoisotopic (exact) mass is 323 g/mol. The first-order chi connectivity index (χ1) is 10.6. The van der Waals surface area contributed by atoms with E-state index in [1.165, 1.54) is 11.0 Å². The molecule has 23 heavy (non-hydrogen) atoms. The van der Waals surface area contributed by atoms with Crippen molar-refractivity contribution in [3.8, 4) is 0 Å². The van der Waals surface area contributed by atoms with Gasteiger partial charge in [0.05, 0.1) is 5.92 Å². The third kappa shape index (κ3) is 4.00. The van der Waals surface area contributed by atoms with Crippen LogP contribution in [0.1, 0.15) is 37.8 Å². The zero-order valence-electron chi connectivity index (χ0n) is 13.8. The lowest BCUT2D eigenvalue weighted by molar-refractivity contribution is -0.141. The Bertz CT molecular complexity index is 624. The first-order valence-electron chi connectivity index (χ1n) is 7.55. The van der Waals surface area contributed by atoms with Crippen molar-refractivity contribution in [2.75, 3.05) is 13.1 Å². The van der Waals surface area contributed by atoms with Gasteiger partial charge in [-0.15, -0.1) is 0 Å². The number of aryl methyl sites for hydroxylation is 1. The molecule has 126 valence electrons. The van der Waals surface area contributed by atoms with Crippen LogP contribution < -0.4 is 0 Å². The number of benzene rings is 1. The van der Waals surface area contributed by atoms with E-state index in [-0.39, 0.29) is 24.8 Å². The molecule has 1 N–H and O–H groups in total. The summed E-state index contributed by atoms with van der Waals surface area (Å²) >= 11 is 0. The molecule has 0 aliphatic carbocycles. The maximum absolute atomic E-state index is 13.4. The highest BCUT2D eigenvalue weighted by atomic mass is 19.1. The molecule has 0 bridgehead atoms. The van der Waals surface area contributed by atoms with Crippen molar-refractivity contribution in [1.29, 1.82) is 0 Å². The van der Waals surface area contributed by atoms with Crippen LogP contribution in [-0.2, 0) is 9.53 Å². The Labute approximate surface area is 135 Å². The van der Waals surface area contributed by atoms with E-state index >= 15 is 0 Å². The molecule has 2 atom stereocenters. The van der Waals surface area contributed by atoms with E-state index in [0.29, 0.717) is 5.56 Å². The summed E-state index contributed by atoms with van der Waals surface area (Å²) in [4.78, 5) is 25.1. The Morgan fingerprint density at radius 3 is 2.48 bits per heavy atom. The minimum absolute atomic E-state index is 0.0886. The van der Waals surface area contributed by atoms with Crippen LogP contribution in [0.15, 0.2) is 18.2 Å². The summed E-state index contributed by atoms with van der Waals surface area (Å²) in [6, 6.07) is 4.57. The topological polar surface area (TPSA) is 66.8 Å². The number of hydrogen-bond donors (Lipinski definition) is 1. The normalized spacial score (nSPS) is 21.3. The van der Waals surface area contributed by atoms with Gasteiger partial charge in [-0.05, 0) is 44.9 Å². The average molecular weight is 323 g/mol. The molecule has 2 rings (SSSR count). The molecule has 1 aliphatic heterocycles. The van der Waals surface area contributed by atoms with Crippen molar-refractivity contribution in [1.82, 2.24) is 4.90 Å². The number of aliphatic carboxylic acids is 1. The number of nitrogens with zero attached hydrogens (tertiary/aromatic N) is 1. The lowest BCUT2D eigenvalue weighted by atomic mass is 9.88. The van der Waals surface area contributed by atoms with Crippen molar-refractivity contribution >= 4 is 12.1 Å². The molecule has 6 heteroatoms. The molecule has 1 aliphatic rings. The van der Waals surface area contributed by atoms with Crippen LogP contribution in [0, 0.1) is 18.7 Å². The predicted molar refractivity (Wildman–Crippen MR) is 82.8 cm³/mol. The summed E-state index contributed by atoms with van der Waals surface area (Å²) in [5.41, 5.74) is 0.546. The SMILES string of the molecule is Cc1cc(C2CN(C(=O)OC(C)(C)C)CC2C(=O)O)ccc1F. The highest BCUT2D eigenvalue weighted by Crippen LogP contribution is 2.34. The summed E-state index contributed by atoms with van der Waals surface area (Å²) < 4.78 is 18.7. The molecular formula is C17H22FNO4. The number of carboxylic acid groups (broad SMARTS) is 1. The maximum Gasteiger partial charge on any atom is 0.410 e. The predicted octanol–water partition coefficient (Wildman–Crippen LogP) is 3.17. The highest BCUT2D eigenvalue weighted by Gasteiger charge is 2.41. The molecule has 1 aromatic carbocycles. The zero-order chi connectivity index (χ0) is 17.4. The standard InChI is InChI=1S/C17H22FNO4/c1-10-7-11(5-6-14(10)18)12-8-19(9-13(12)15(20)21)16(22)23-17(2,3)4/h5-7,12-13H,8-9H2,1-4H3,(H,20,21). The molecule has 0 saturated carbocycles. The lowest BCUT2D eigenvalue weighted by Crippen LogP contribution is -2.35. The Morgan fingerprint density at radius 1 is 1.30 bits per heavy atom. The fourth-order valence-electron chi connectivity index (χ4n) is 2.77. The van der Waals surface area contributed by atoms with Gasteiger partial charge < -0.3 is 14.7 Å². The first-order valence-corrected chi connectivity index (χ1v) is 7.55. The molecular weight excluding hydrogens is 301 g/mol. The van der Waals surface area contributed by atoms with Gasteiger partial charge in [0.25, 0.3) is 0 Å². The number of carboxylic acids is 1. The molecule has 1 saturated heterocycles. The molecule has 2 unspecified atom stereocenters. The van der Waals surface area contributed by atoms with Gasteiger partial charge in [-0.1, -0.05) is 12.1 Å². The number of carbonyl (C=O) groups is 2. The molecule has 1 amide bonds. The summed E-state index contributed by atoms with van der Waals surface area (Å²) in [6.07, 6.45) is -0.523. The van der Waals surface area contributed by atoms with Gasteiger partial charge in [0.15, 0.2) is 0 Å². The van der Waals surface area contributed by atoms with E-state index in [1.54, 1.807) is 39.8 Å². The number of halogens is 1. The molecule has 1 heterocycles. The van der Waals surface area contributed by atoms with Crippen LogP contribution in [0.5, 0.6) is 0 Å². The maximum atomic E-state index is 13.4. The second kappa shape index (κ2) is 6.18. The van der Waals surface area contributed by atoms with Crippen molar-refractivity contribution in [2.45, 2.75) is 39.2 Å². The van der Waals surface area contributed by atoms with Gasteiger partial charge in [-0.2, -0.15) is 0 Å². The quantitative estimate of drug-likeness (QED) is 0.908. The Kier molecular flexibility index (Phi) is 4.63. The Morgan fingerprint density at radius 2 is 1.96 bits per heavy atom. The molecule has 0 aromatic heterocycles. The summed E-state index contributed by atoms with van der Waals surface area (Å²) in [5.74, 6) is -2.41. The Balaban J connectivity index is 2.23. The first kappa shape index (κ1) is 17.2. The van der Waals surface area contributed by atoms with E-state index in [2.05, 4.69) is 0 Å². The Hall–Kier alpha value is -2.11. The van der Waals surface area contributed by atoms with Crippen molar-refractivity contribution in [3.05, 3.63) is 35.1 Å². The number of ether oxygens (including phenoxy) is 1. The molecule has 5 nitrogen and oxygen atoms in total. The van der Waals surface area contributed by atoms with Gasteiger partial charge in [-0.3, -0.25) is 4.79 Å². The smallest absolute Gasteiger partial charge is 0.410 e. The van der Waals surface area contributed by atoms with E-state index < -0.39 is 23.6 Å². The van der Waals surface area contributed by atoms with Crippen LogP contribution >= 0.6 is 0 Å².